The SMILES string of the molecule is CCCCCCCC(=O)c1ccc(CN)o1. The molecular weight excluding hydrogens is 202 g/mol. The van der Waals surface area contributed by atoms with E-state index in [9.17, 15) is 4.79 Å². The molecule has 3 nitrogen and oxygen atoms in total. The van der Waals surface area contributed by atoms with Gasteiger partial charge in [-0.1, -0.05) is 32.6 Å². The summed E-state index contributed by atoms with van der Waals surface area (Å²) >= 11 is 0. The molecule has 0 fully saturated rings. The van der Waals surface area contributed by atoms with Crippen LogP contribution in [0.4, 0.5) is 0 Å². The van der Waals surface area contributed by atoms with E-state index in [4.69, 9.17) is 10.2 Å². The number of Topliss-reactive ketones (excluding diaryl/α,β-unsaturated/α-hetero) is 1. The van der Waals surface area contributed by atoms with Crippen LogP contribution in [0.2, 0.25) is 0 Å². The lowest BCUT2D eigenvalue weighted by Gasteiger charge is -1.98. The van der Waals surface area contributed by atoms with E-state index >= 15 is 0 Å². The van der Waals surface area contributed by atoms with E-state index in [0.29, 0.717) is 24.5 Å². The molecule has 0 amide bonds. The normalized spacial score (nSPS) is 10.6. The van der Waals surface area contributed by atoms with Crippen LogP contribution in [0.5, 0.6) is 0 Å². The summed E-state index contributed by atoms with van der Waals surface area (Å²) in [5.41, 5.74) is 5.41. The smallest absolute Gasteiger partial charge is 0.197 e. The minimum Gasteiger partial charge on any atom is -0.457 e. The minimum atomic E-state index is 0.0937. The lowest BCUT2D eigenvalue weighted by Crippen LogP contribution is -1.97. The molecule has 1 rings (SSSR count). The van der Waals surface area contributed by atoms with Gasteiger partial charge in [-0.25, -0.2) is 0 Å². The highest BCUT2D eigenvalue weighted by atomic mass is 16.3. The van der Waals surface area contributed by atoms with Gasteiger partial charge >= 0.3 is 0 Å². The molecule has 1 aromatic rings. The van der Waals surface area contributed by atoms with Crippen molar-refractivity contribution >= 4 is 5.78 Å². The van der Waals surface area contributed by atoms with Crippen molar-refractivity contribution in [2.45, 2.75) is 52.0 Å². The van der Waals surface area contributed by atoms with Crippen LogP contribution in [-0.4, -0.2) is 5.78 Å². The van der Waals surface area contributed by atoms with E-state index in [1.54, 1.807) is 12.1 Å². The van der Waals surface area contributed by atoms with Crippen molar-refractivity contribution in [2.24, 2.45) is 5.73 Å². The van der Waals surface area contributed by atoms with Crippen LogP contribution < -0.4 is 5.73 Å². The zero-order valence-corrected chi connectivity index (χ0v) is 10.00. The summed E-state index contributed by atoms with van der Waals surface area (Å²) in [5.74, 6) is 1.22. The number of carbonyl (C=O) groups is 1. The van der Waals surface area contributed by atoms with E-state index in [-0.39, 0.29) is 5.78 Å². The fourth-order valence-electron chi connectivity index (χ4n) is 1.65. The lowest BCUT2D eigenvalue weighted by molar-refractivity contribution is 0.0950. The molecule has 0 spiro atoms. The third kappa shape index (κ3) is 4.19. The highest BCUT2D eigenvalue weighted by molar-refractivity contribution is 5.93. The van der Waals surface area contributed by atoms with Crippen LogP contribution in [0.3, 0.4) is 0 Å². The summed E-state index contributed by atoms with van der Waals surface area (Å²) < 4.78 is 5.30. The summed E-state index contributed by atoms with van der Waals surface area (Å²) in [6.07, 6.45) is 6.37. The largest absolute Gasteiger partial charge is 0.457 e. The third-order valence-corrected chi connectivity index (χ3v) is 2.65. The summed E-state index contributed by atoms with van der Waals surface area (Å²) in [6.45, 7) is 2.53. The van der Waals surface area contributed by atoms with Crippen LogP contribution in [0.1, 0.15) is 61.8 Å². The number of unbranched alkanes of at least 4 members (excludes halogenated alkanes) is 4. The third-order valence-electron chi connectivity index (χ3n) is 2.65. The fraction of sp³-hybridized carbons (Fsp3) is 0.615. The molecule has 90 valence electrons. The molecular formula is C13H21NO2. The first-order valence-electron chi connectivity index (χ1n) is 6.10. The Morgan fingerprint density at radius 3 is 2.62 bits per heavy atom. The lowest BCUT2D eigenvalue weighted by atomic mass is 10.1. The van der Waals surface area contributed by atoms with Gasteiger partial charge in [0.05, 0.1) is 6.54 Å². The predicted molar refractivity (Wildman–Crippen MR) is 64.3 cm³/mol. The number of hydrogen-bond acceptors (Lipinski definition) is 3. The second-order valence-electron chi connectivity index (χ2n) is 4.06. The van der Waals surface area contributed by atoms with Crippen molar-refractivity contribution in [1.82, 2.24) is 0 Å². The number of carbonyl (C=O) groups excluding carboxylic acids is 1. The van der Waals surface area contributed by atoms with E-state index in [1.807, 2.05) is 0 Å². The average Bonchev–Trinajstić information content (AvgIpc) is 2.77. The van der Waals surface area contributed by atoms with Crippen LogP contribution in [-0.2, 0) is 6.54 Å². The van der Waals surface area contributed by atoms with Gasteiger partial charge in [0.2, 0.25) is 0 Å². The molecule has 2 N–H and O–H groups in total. The Morgan fingerprint density at radius 1 is 1.25 bits per heavy atom. The first-order valence-corrected chi connectivity index (χ1v) is 6.10. The van der Waals surface area contributed by atoms with Crippen LogP contribution in [0, 0.1) is 0 Å². The van der Waals surface area contributed by atoms with Gasteiger partial charge in [0.25, 0.3) is 0 Å². The highest BCUT2D eigenvalue weighted by Gasteiger charge is 2.09. The minimum absolute atomic E-state index is 0.0937. The van der Waals surface area contributed by atoms with Crippen molar-refractivity contribution < 1.29 is 9.21 Å². The summed E-state index contributed by atoms with van der Waals surface area (Å²) in [4.78, 5) is 11.7. The van der Waals surface area contributed by atoms with Gasteiger partial charge in [0.15, 0.2) is 11.5 Å². The molecule has 0 saturated heterocycles. The molecule has 0 aliphatic heterocycles. The quantitative estimate of drug-likeness (QED) is 0.543. The van der Waals surface area contributed by atoms with E-state index in [2.05, 4.69) is 6.92 Å². The monoisotopic (exact) mass is 223 g/mol. The average molecular weight is 223 g/mol. The van der Waals surface area contributed by atoms with Crippen molar-refractivity contribution in [3.63, 3.8) is 0 Å². The van der Waals surface area contributed by atoms with Crippen molar-refractivity contribution in [1.29, 1.82) is 0 Å². The Morgan fingerprint density at radius 2 is 2.00 bits per heavy atom. The number of ketones is 1. The Balaban J connectivity index is 2.24. The number of rotatable bonds is 8. The Hall–Kier alpha value is -1.09. The van der Waals surface area contributed by atoms with E-state index < -0.39 is 0 Å². The van der Waals surface area contributed by atoms with Gasteiger partial charge in [-0.05, 0) is 18.6 Å². The van der Waals surface area contributed by atoms with Gasteiger partial charge in [0.1, 0.15) is 5.76 Å². The Labute approximate surface area is 97.0 Å². The van der Waals surface area contributed by atoms with Gasteiger partial charge in [0, 0.05) is 6.42 Å². The number of hydrogen-bond donors (Lipinski definition) is 1. The second kappa shape index (κ2) is 7.23. The first-order chi connectivity index (χ1) is 7.77. The molecule has 3 heteroatoms. The van der Waals surface area contributed by atoms with Crippen molar-refractivity contribution in [3.05, 3.63) is 23.7 Å². The second-order valence-corrected chi connectivity index (χ2v) is 4.06. The van der Waals surface area contributed by atoms with Gasteiger partial charge in [-0.15, -0.1) is 0 Å². The molecule has 1 aromatic heterocycles. The first kappa shape index (κ1) is 13.0. The molecule has 0 aromatic carbocycles. The maximum Gasteiger partial charge on any atom is 0.197 e. The van der Waals surface area contributed by atoms with Crippen LogP contribution in [0.15, 0.2) is 16.5 Å². The fourth-order valence-corrected chi connectivity index (χ4v) is 1.65. The zero-order chi connectivity index (χ0) is 11.8. The molecule has 0 aliphatic carbocycles. The number of furan rings is 1. The van der Waals surface area contributed by atoms with Crippen LogP contribution in [0.25, 0.3) is 0 Å². The molecule has 0 atom stereocenters. The Kier molecular flexibility index (Phi) is 5.86. The van der Waals surface area contributed by atoms with Crippen molar-refractivity contribution in [3.8, 4) is 0 Å². The van der Waals surface area contributed by atoms with E-state index in [0.717, 1.165) is 12.8 Å². The van der Waals surface area contributed by atoms with Crippen LogP contribution >= 0.6 is 0 Å². The number of nitrogens with two attached hydrogens (primary N) is 1. The molecule has 0 bridgehead atoms. The van der Waals surface area contributed by atoms with Crippen molar-refractivity contribution in [2.75, 3.05) is 0 Å². The van der Waals surface area contributed by atoms with Gasteiger partial charge in [-0.2, -0.15) is 0 Å². The van der Waals surface area contributed by atoms with Gasteiger partial charge in [-0.3, -0.25) is 4.79 Å². The molecule has 1 heterocycles. The summed E-state index contributed by atoms with van der Waals surface area (Å²) in [7, 11) is 0. The Bertz CT molecular complexity index is 317. The predicted octanol–water partition coefficient (Wildman–Crippen LogP) is 3.28. The maximum atomic E-state index is 11.7. The standard InChI is InChI=1S/C13H21NO2/c1-2-3-4-5-6-7-12(15)13-9-8-11(10-14)16-13/h8-9H,2-7,10,14H2,1H3. The summed E-state index contributed by atoms with van der Waals surface area (Å²) in [6, 6.07) is 3.49. The highest BCUT2D eigenvalue weighted by Crippen LogP contribution is 2.12. The van der Waals surface area contributed by atoms with Gasteiger partial charge < -0.3 is 10.2 Å². The molecule has 0 unspecified atom stereocenters. The maximum absolute atomic E-state index is 11.7. The molecule has 0 radical (unpaired) electrons. The zero-order valence-electron chi connectivity index (χ0n) is 10.00. The molecule has 16 heavy (non-hydrogen) atoms. The molecule has 0 aliphatic rings. The van der Waals surface area contributed by atoms with E-state index in [1.165, 1.54) is 19.3 Å². The molecule has 0 saturated carbocycles. The summed E-state index contributed by atoms with van der Waals surface area (Å²) in [5, 5.41) is 0. The topological polar surface area (TPSA) is 56.2 Å².